The smallest absolute Gasteiger partial charge is 0.419 e. The molecular weight excluding hydrogens is 334 g/mol. The molecule has 0 bridgehead atoms. The summed E-state index contributed by atoms with van der Waals surface area (Å²) in [6.45, 7) is 7.67. The molecule has 138 valence electrons. The van der Waals surface area contributed by atoms with E-state index in [-0.39, 0.29) is 6.03 Å². The maximum atomic E-state index is 12.6. The zero-order valence-corrected chi connectivity index (χ0v) is 14.7. The van der Waals surface area contributed by atoms with E-state index in [1.54, 1.807) is 4.90 Å². The number of rotatable bonds is 1. The maximum Gasteiger partial charge on any atom is 0.419 e. The largest absolute Gasteiger partial charge is 0.436 e. The van der Waals surface area contributed by atoms with Gasteiger partial charge in [0.2, 0.25) is 0 Å². The number of morpholine rings is 1. The van der Waals surface area contributed by atoms with E-state index in [1.807, 2.05) is 40.1 Å². The number of nitrogens with zero attached hydrogens (tertiary/aromatic N) is 3. The van der Waals surface area contributed by atoms with Crippen molar-refractivity contribution in [2.45, 2.75) is 18.4 Å². The van der Waals surface area contributed by atoms with Gasteiger partial charge in [-0.05, 0) is 12.1 Å². The van der Waals surface area contributed by atoms with Crippen LogP contribution in [0.15, 0.2) is 42.6 Å². The number of urea groups is 1. The lowest BCUT2D eigenvalue weighted by atomic mass is 9.88. The average Bonchev–Trinajstić information content (AvgIpc) is 2.93. The quantitative estimate of drug-likeness (QED) is 0.774. The van der Waals surface area contributed by atoms with Crippen molar-refractivity contribution in [2.24, 2.45) is 0 Å². The summed E-state index contributed by atoms with van der Waals surface area (Å²) in [6, 6.07) is 9.43. The first-order valence-corrected chi connectivity index (χ1v) is 9.00. The van der Waals surface area contributed by atoms with Crippen molar-refractivity contribution in [3.63, 3.8) is 0 Å². The van der Waals surface area contributed by atoms with E-state index in [0.717, 1.165) is 5.69 Å². The molecule has 26 heavy (non-hydrogen) atoms. The first-order chi connectivity index (χ1) is 12.6. The highest BCUT2D eigenvalue weighted by Gasteiger charge is 2.51. The van der Waals surface area contributed by atoms with Crippen molar-refractivity contribution < 1.29 is 19.1 Å². The van der Waals surface area contributed by atoms with E-state index in [0.29, 0.717) is 57.9 Å². The summed E-state index contributed by atoms with van der Waals surface area (Å²) in [5, 5.41) is 0. The molecule has 0 aliphatic carbocycles. The fourth-order valence-electron chi connectivity index (χ4n) is 3.83. The summed E-state index contributed by atoms with van der Waals surface area (Å²) in [6.07, 6.45) is 0.739. The first kappa shape index (κ1) is 16.9. The molecule has 0 unspecified atom stereocenters. The minimum atomic E-state index is -0.714. The summed E-state index contributed by atoms with van der Waals surface area (Å²) < 4.78 is 11.1. The Morgan fingerprint density at radius 3 is 2.27 bits per heavy atom. The second-order valence-electron chi connectivity index (χ2n) is 6.85. The Bertz CT molecular complexity index is 707. The fourth-order valence-corrected chi connectivity index (χ4v) is 3.83. The zero-order chi connectivity index (χ0) is 18.1. The third-order valence-corrected chi connectivity index (χ3v) is 5.40. The van der Waals surface area contributed by atoms with Crippen LogP contribution < -0.4 is 4.90 Å². The highest BCUT2D eigenvalue weighted by molar-refractivity contribution is 5.95. The Labute approximate surface area is 152 Å². The summed E-state index contributed by atoms with van der Waals surface area (Å²) in [5.41, 5.74) is 0.702. The SMILES string of the molecule is C=C1N(c2ccccc2)C(=O)OC12CCN(C(=O)N1CCOCC1)CC2. The van der Waals surface area contributed by atoms with E-state index >= 15 is 0 Å². The molecule has 0 saturated carbocycles. The van der Waals surface area contributed by atoms with Gasteiger partial charge in [-0.3, -0.25) is 0 Å². The summed E-state index contributed by atoms with van der Waals surface area (Å²) in [7, 11) is 0. The van der Waals surface area contributed by atoms with Crippen molar-refractivity contribution in [2.75, 3.05) is 44.3 Å². The second kappa shape index (κ2) is 6.64. The van der Waals surface area contributed by atoms with Crippen molar-refractivity contribution in [3.05, 3.63) is 42.6 Å². The van der Waals surface area contributed by atoms with E-state index in [2.05, 4.69) is 6.58 Å². The molecule has 3 heterocycles. The highest BCUT2D eigenvalue weighted by atomic mass is 16.6. The molecule has 3 fully saturated rings. The summed E-state index contributed by atoms with van der Waals surface area (Å²) in [5.74, 6) is 0. The zero-order valence-electron chi connectivity index (χ0n) is 14.7. The second-order valence-corrected chi connectivity index (χ2v) is 6.85. The Morgan fingerprint density at radius 2 is 1.62 bits per heavy atom. The number of hydrogen-bond acceptors (Lipinski definition) is 4. The van der Waals surface area contributed by atoms with Gasteiger partial charge >= 0.3 is 12.1 Å². The van der Waals surface area contributed by atoms with Gasteiger partial charge < -0.3 is 19.3 Å². The normalized spacial score (nSPS) is 22.7. The van der Waals surface area contributed by atoms with E-state index in [4.69, 9.17) is 9.47 Å². The van der Waals surface area contributed by atoms with Crippen LogP contribution in [0.2, 0.25) is 0 Å². The summed E-state index contributed by atoms with van der Waals surface area (Å²) in [4.78, 5) is 30.3. The first-order valence-electron chi connectivity index (χ1n) is 9.00. The van der Waals surface area contributed by atoms with Gasteiger partial charge in [-0.25, -0.2) is 14.5 Å². The van der Waals surface area contributed by atoms with Crippen LogP contribution in [0.3, 0.4) is 0 Å². The van der Waals surface area contributed by atoms with E-state index in [9.17, 15) is 9.59 Å². The molecule has 0 aromatic heterocycles. The molecule has 3 aliphatic rings. The van der Waals surface area contributed by atoms with Gasteiger partial charge in [0.25, 0.3) is 0 Å². The number of ether oxygens (including phenoxy) is 2. The molecule has 1 spiro atoms. The van der Waals surface area contributed by atoms with Crippen LogP contribution in [0, 0.1) is 0 Å². The van der Waals surface area contributed by atoms with Gasteiger partial charge in [-0.15, -0.1) is 0 Å². The van der Waals surface area contributed by atoms with Gasteiger partial charge in [0.05, 0.1) is 24.6 Å². The monoisotopic (exact) mass is 357 g/mol. The van der Waals surface area contributed by atoms with Gasteiger partial charge in [-0.1, -0.05) is 24.8 Å². The van der Waals surface area contributed by atoms with Crippen LogP contribution in [0.1, 0.15) is 12.8 Å². The highest BCUT2D eigenvalue weighted by Crippen LogP contribution is 2.42. The lowest BCUT2D eigenvalue weighted by Crippen LogP contribution is -2.53. The molecule has 0 N–H and O–H groups in total. The molecule has 1 aromatic rings. The topological polar surface area (TPSA) is 62.3 Å². The summed E-state index contributed by atoms with van der Waals surface area (Å²) >= 11 is 0. The van der Waals surface area contributed by atoms with Crippen molar-refractivity contribution in [1.29, 1.82) is 0 Å². The number of hydrogen-bond donors (Lipinski definition) is 0. The van der Waals surface area contributed by atoms with Gasteiger partial charge in [0.15, 0.2) is 5.60 Å². The van der Waals surface area contributed by atoms with Crippen molar-refractivity contribution >= 4 is 17.8 Å². The minimum absolute atomic E-state index is 0.0398. The molecule has 1 aromatic carbocycles. The van der Waals surface area contributed by atoms with Gasteiger partial charge in [0, 0.05) is 39.0 Å². The van der Waals surface area contributed by atoms with Crippen LogP contribution in [0.5, 0.6) is 0 Å². The van der Waals surface area contributed by atoms with Crippen LogP contribution in [0.4, 0.5) is 15.3 Å². The van der Waals surface area contributed by atoms with Crippen molar-refractivity contribution in [1.82, 2.24) is 9.80 Å². The van der Waals surface area contributed by atoms with Crippen LogP contribution in [-0.4, -0.2) is 66.9 Å². The lowest BCUT2D eigenvalue weighted by molar-refractivity contribution is 0.00966. The van der Waals surface area contributed by atoms with Crippen LogP contribution in [-0.2, 0) is 9.47 Å². The van der Waals surface area contributed by atoms with E-state index < -0.39 is 11.7 Å². The Kier molecular flexibility index (Phi) is 4.32. The molecule has 0 atom stereocenters. The fraction of sp³-hybridized carbons (Fsp3) is 0.474. The molecule has 7 nitrogen and oxygen atoms in total. The standard InChI is InChI=1S/C19H23N3O4/c1-15-19(26-18(24)22(15)16-5-3-2-4-6-16)7-9-20(10-8-19)17(23)21-11-13-25-14-12-21/h2-6H,1,7-14H2. The third-order valence-electron chi connectivity index (χ3n) is 5.40. The average molecular weight is 357 g/mol. The van der Waals surface area contributed by atoms with Crippen LogP contribution >= 0.6 is 0 Å². The molecular formula is C19H23N3O4. The Hall–Kier alpha value is -2.54. The number of piperidine rings is 1. The molecule has 0 radical (unpaired) electrons. The number of likely N-dealkylation sites (tertiary alicyclic amines) is 1. The third kappa shape index (κ3) is 2.82. The number of para-hydroxylation sites is 1. The predicted molar refractivity (Wildman–Crippen MR) is 95.9 cm³/mol. The van der Waals surface area contributed by atoms with E-state index in [1.165, 1.54) is 0 Å². The van der Waals surface area contributed by atoms with Crippen molar-refractivity contribution in [3.8, 4) is 0 Å². The predicted octanol–water partition coefficient (Wildman–Crippen LogP) is 2.44. The number of amides is 3. The number of carbonyl (C=O) groups excluding carboxylic acids is 2. The lowest BCUT2D eigenvalue weighted by Gasteiger charge is -2.40. The Balaban J connectivity index is 1.44. The molecule has 4 rings (SSSR count). The maximum absolute atomic E-state index is 12.6. The van der Waals surface area contributed by atoms with Gasteiger partial charge in [0.1, 0.15) is 0 Å². The van der Waals surface area contributed by atoms with Crippen LogP contribution in [0.25, 0.3) is 0 Å². The van der Waals surface area contributed by atoms with Gasteiger partial charge in [-0.2, -0.15) is 0 Å². The number of carbonyl (C=O) groups is 2. The number of benzene rings is 1. The number of anilines is 1. The minimum Gasteiger partial charge on any atom is -0.436 e. The molecule has 7 heteroatoms. The Morgan fingerprint density at radius 1 is 1.00 bits per heavy atom. The molecule has 3 aliphatic heterocycles. The molecule has 3 amide bonds. The molecule has 3 saturated heterocycles.